The maximum Gasteiger partial charge on any atom is 0.145 e. The summed E-state index contributed by atoms with van der Waals surface area (Å²) in [7, 11) is 0. The molecule has 0 spiro atoms. The van der Waals surface area contributed by atoms with E-state index < -0.39 is 0 Å². The molecule has 0 aliphatic heterocycles. The summed E-state index contributed by atoms with van der Waals surface area (Å²) in [5.41, 5.74) is 13.4. The first-order valence-corrected chi connectivity index (χ1v) is 10.7. The molecule has 0 bridgehead atoms. The van der Waals surface area contributed by atoms with Crippen molar-refractivity contribution in [1.82, 2.24) is 14.4 Å². The molecule has 2 aliphatic rings. The van der Waals surface area contributed by atoms with Crippen molar-refractivity contribution >= 4 is 27.3 Å². The molecule has 0 radical (unpaired) electrons. The van der Waals surface area contributed by atoms with Crippen molar-refractivity contribution in [1.29, 1.82) is 0 Å². The van der Waals surface area contributed by atoms with Crippen LogP contribution in [-0.4, -0.2) is 14.4 Å². The number of benzene rings is 3. The molecule has 0 unspecified atom stereocenters. The van der Waals surface area contributed by atoms with Gasteiger partial charge in [-0.05, 0) is 87.0 Å². The van der Waals surface area contributed by atoms with E-state index in [9.17, 15) is 0 Å². The Morgan fingerprint density at radius 3 is 2.42 bits per heavy atom. The van der Waals surface area contributed by atoms with Gasteiger partial charge in [0.2, 0.25) is 0 Å². The zero-order chi connectivity index (χ0) is 20.1. The second-order valence-electron chi connectivity index (χ2n) is 8.75. The molecule has 0 saturated heterocycles. The Morgan fingerprint density at radius 2 is 1.45 bits per heavy atom. The van der Waals surface area contributed by atoms with Gasteiger partial charge in [0, 0.05) is 29.4 Å². The third-order valence-electron chi connectivity index (χ3n) is 7.16. The number of fused-ring (bicyclic) bond motifs is 12. The molecule has 3 aromatic heterocycles. The highest BCUT2D eigenvalue weighted by Crippen LogP contribution is 2.46. The minimum Gasteiger partial charge on any atom is -0.298 e. The second-order valence-corrected chi connectivity index (χ2v) is 8.75. The van der Waals surface area contributed by atoms with Crippen LogP contribution >= 0.6 is 0 Å². The van der Waals surface area contributed by atoms with E-state index >= 15 is 0 Å². The zero-order valence-electron chi connectivity index (χ0n) is 16.8. The van der Waals surface area contributed by atoms with Gasteiger partial charge >= 0.3 is 0 Å². The minimum absolute atomic E-state index is 0.996. The first-order valence-electron chi connectivity index (χ1n) is 10.7. The van der Waals surface area contributed by atoms with Crippen LogP contribution < -0.4 is 0 Å². The average molecular weight is 395 g/mol. The highest BCUT2D eigenvalue weighted by molar-refractivity contribution is 6.13. The monoisotopic (exact) mass is 395 g/mol. The summed E-state index contributed by atoms with van der Waals surface area (Å²) in [6.07, 6.45) is 9.78. The average Bonchev–Trinajstić information content (AvgIpc) is 3.51. The molecule has 0 N–H and O–H groups in total. The van der Waals surface area contributed by atoms with E-state index in [-0.39, 0.29) is 0 Å². The van der Waals surface area contributed by atoms with Crippen molar-refractivity contribution < 1.29 is 0 Å². The zero-order valence-corrected chi connectivity index (χ0v) is 16.8. The third-order valence-corrected chi connectivity index (χ3v) is 7.16. The largest absolute Gasteiger partial charge is 0.298 e. The van der Waals surface area contributed by atoms with Crippen LogP contribution in [0.3, 0.4) is 0 Å². The summed E-state index contributed by atoms with van der Waals surface area (Å²) in [4.78, 5) is 9.06. The van der Waals surface area contributed by atoms with E-state index in [2.05, 4.69) is 64.0 Å². The van der Waals surface area contributed by atoms with Crippen LogP contribution in [0, 0.1) is 0 Å². The number of imidazole rings is 1. The van der Waals surface area contributed by atoms with Crippen molar-refractivity contribution in [2.75, 3.05) is 0 Å². The van der Waals surface area contributed by atoms with E-state index in [1.807, 2.05) is 24.8 Å². The lowest BCUT2D eigenvalue weighted by Crippen LogP contribution is -1.92. The SMILES string of the molecule is c1ccc2c(c1)Cc1cc3c(cc1-2)-c1cc2c(cc1C3)c1ccncc1n1ccnc21. The summed E-state index contributed by atoms with van der Waals surface area (Å²) in [5.74, 6) is 0. The van der Waals surface area contributed by atoms with Crippen molar-refractivity contribution in [3.8, 4) is 22.3 Å². The Morgan fingerprint density at radius 1 is 0.645 bits per heavy atom. The number of hydrogen-bond acceptors (Lipinski definition) is 2. The number of aromatic nitrogens is 3. The van der Waals surface area contributed by atoms with Crippen LogP contribution in [0.25, 0.3) is 49.6 Å². The molecule has 2 aliphatic carbocycles. The Bertz CT molecular complexity index is 1740. The molecule has 6 aromatic rings. The van der Waals surface area contributed by atoms with Gasteiger partial charge in [0.15, 0.2) is 0 Å². The number of nitrogens with zero attached hydrogens (tertiary/aromatic N) is 3. The fraction of sp³-hybridized carbons (Fsp3) is 0.0714. The van der Waals surface area contributed by atoms with Crippen molar-refractivity contribution in [3.05, 3.63) is 102 Å². The molecule has 144 valence electrons. The van der Waals surface area contributed by atoms with Crippen LogP contribution in [0.5, 0.6) is 0 Å². The van der Waals surface area contributed by atoms with E-state index in [1.54, 1.807) is 0 Å². The quantitative estimate of drug-likeness (QED) is 0.287. The number of pyridine rings is 2. The van der Waals surface area contributed by atoms with Gasteiger partial charge in [-0.2, -0.15) is 0 Å². The summed E-state index contributed by atoms with van der Waals surface area (Å²) < 4.78 is 2.16. The molecule has 0 amide bonds. The highest BCUT2D eigenvalue weighted by atomic mass is 15.0. The minimum atomic E-state index is 0.996. The summed E-state index contributed by atoms with van der Waals surface area (Å²) >= 11 is 0. The lowest BCUT2D eigenvalue weighted by Gasteiger charge is -2.11. The molecule has 0 atom stereocenters. The second kappa shape index (κ2) is 5.38. The molecule has 8 rings (SSSR count). The fourth-order valence-corrected chi connectivity index (χ4v) is 5.79. The molecule has 3 nitrogen and oxygen atoms in total. The standard InChI is InChI=1S/C28H17N3/c1-2-4-20-16(3-1)9-17-10-18-11-19-12-25-21-5-6-29-15-27(21)31-8-7-30-28(31)26(25)14-24(19)23(18)13-22(17)20/h1-8,10,12-15H,9,11H2. The number of rotatable bonds is 0. The van der Waals surface area contributed by atoms with E-state index in [4.69, 9.17) is 4.98 Å². The van der Waals surface area contributed by atoms with Gasteiger partial charge in [0.25, 0.3) is 0 Å². The van der Waals surface area contributed by atoms with Crippen LogP contribution in [0.2, 0.25) is 0 Å². The molecular weight excluding hydrogens is 378 g/mol. The maximum atomic E-state index is 4.70. The first kappa shape index (κ1) is 15.8. The lowest BCUT2D eigenvalue weighted by molar-refractivity contribution is 1.21. The maximum absolute atomic E-state index is 4.70. The molecule has 0 fully saturated rings. The van der Waals surface area contributed by atoms with Crippen molar-refractivity contribution in [2.45, 2.75) is 12.8 Å². The van der Waals surface area contributed by atoms with Crippen molar-refractivity contribution in [2.24, 2.45) is 0 Å². The van der Waals surface area contributed by atoms with E-state index in [0.717, 1.165) is 24.0 Å². The fourth-order valence-electron chi connectivity index (χ4n) is 5.79. The van der Waals surface area contributed by atoms with E-state index in [0.29, 0.717) is 0 Å². The van der Waals surface area contributed by atoms with Crippen LogP contribution in [0.4, 0.5) is 0 Å². The van der Waals surface area contributed by atoms with Gasteiger partial charge in [0.05, 0.1) is 11.7 Å². The number of hydrogen-bond donors (Lipinski definition) is 0. The molecule has 3 heterocycles. The van der Waals surface area contributed by atoms with Gasteiger partial charge in [-0.3, -0.25) is 9.38 Å². The Kier molecular flexibility index (Phi) is 2.74. The Labute approximate surface area is 178 Å². The predicted molar refractivity (Wildman–Crippen MR) is 124 cm³/mol. The Hall–Kier alpha value is -3.98. The molecule has 0 saturated carbocycles. The normalized spacial score (nSPS) is 13.5. The van der Waals surface area contributed by atoms with Gasteiger partial charge < -0.3 is 0 Å². The summed E-state index contributed by atoms with van der Waals surface area (Å²) in [5, 5.41) is 3.70. The molecule has 3 heteroatoms. The topological polar surface area (TPSA) is 30.2 Å². The molecular formula is C28H17N3. The third kappa shape index (κ3) is 1.94. The van der Waals surface area contributed by atoms with Gasteiger partial charge in [-0.25, -0.2) is 4.98 Å². The lowest BCUT2D eigenvalue weighted by atomic mass is 9.96. The summed E-state index contributed by atoms with van der Waals surface area (Å²) in [6, 6.07) is 20.6. The van der Waals surface area contributed by atoms with Crippen LogP contribution in [-0.2, 0) is 12.8 Å². The van der Waals surface area contributed by atoms with Crippen molar-refractivity contribution in [3.63, 3.8) is 0 Å². The van der Waals surface area contributed by atoms with Crippen LogP contribution in [0.1, 0.15) is 22.3 Å². The van der Waals surface area contributed by atoms with Gasteiger partial charge in [-0.15, -0.1) is 0 Å². The van der Waals surface area contributed by atoms with Gasteiger partial charge in [-0.1, -0.05) is 30.3 Å². The smallest absolute Gasteiger partial charge is 0.145 e. The van der Waals surface area contributed by atoms with Gasteiger partial charge in [0.1, 0.15) is 5.65 Å². The van der Waals surface area contributed by atoms with E-state index in [1.165, 1.54) is 60.7 Å². The predicted octanol–water partition coefficient (Wildman–Crippen LogP) is 6.18. The highest BCUT2D eigenvalue weighted by Gasteiger charge is 2.26. The Balaban J connectivity index is 1.45. The van der Waals surface area contributed by atoms with Crippen LogP contribution in [0.15, 0.2) is 79.4 Å². The molecule has 31 heavy (non-hydrogen) atoms. The molecule has 3 aromatic carbocycles. The first-order chi connectivity index (χ1) is 15.3. The summed E-state index contributed by atoms with van der Waals surface area (Å²) in [6.45, 7) is 0.